The molecular weight excluding hydrogens is 871 g/mol. The lowest BCUT2D eigenvalue weighted by atomic mass is 9.73. The summed E-state index contributed by atoms with van der Waals surface area (Å²) in [4.78, 5) is 42.7. The van der Waals surface area contributed by atoms with Crippen LogP contribution in [-0.2, 0) is 25.5 Å². The molecule has 3 aromatic carbocycles. The summed E-state index contributed by atoms with van der Waals surface area (Å²) in [6, 6.07) is 20.9. The van der Waals surface area contributed by atoms with Crippen LogP contribution in [0, 0.1) is 11.8 Å². The highest BCUT2D eigenvalue weighted by atomic mass is 33.1. The van der Waals surface area contributed by atoms with Gasteiger partial charge in [0.1, 0.15) is 35.4 Å². The number of phenols is 1. The number of aromatic nitrogens is 1. The Kier molecular flexibility index (Phi) is 16.3. The highest BCUT2D eigenvalue weighted by Gasteiger charge is 2.69. The Bertz CT molecular complexity index is 2450. The largest absolute Gasteiger partial charge is 0.508 e. The number of H-pyrrole nitrogens is 1. The van der Waals surface area contributed by atoms with E-state index in [0.29, 0.717) is 17.9 Å². The predicted molar refractivity (Wildman–Crippen MR) is 253 cm³/mol. The molecule has 0 spiro atoms. The van der Waals surface area contributed by atoms with Crippen LogP contribution in [0.5, 0.6) is 11.5 Å². The zero-order valence-electron chi connectivity index (χ0n) is 36.4. The number of aliphatic hydroxyl groups excluding tert-OH is 1. The van der Waals surface area contributed by atoms with Crippen molar-refractivity contribution in [2.45, 2.75) is 75.1 Å². The van der Waals surface area contributed by atoms with Crippen LogP contribution < -0.4 is 20.8 Å². The van der Waals surface area contributed by atoms with Gasteiger partial charge in [0.05, 0.1) is 10.9 Å². The van der Waals surface area contributed by atoms with Crippen LogP contribution in [0.4, 0.5) is 0 Å². The van der Waals surface area contributed by atoms with E-state index in [0.717, 1.165) is 44.3 Å². The predicted octanol–water partition coefficient (Wildman–Crippen LogP) is 6.74. The van der Waals surface area contributed by atoms with Gasteiger partial charge in [-0.15, -0.1) is 0 Å². The SMILES string of the molecule is CCCNCCCc1ccccc1C=CCC(C)C1CNCC2(O)C(Oc3ccc4c(=O)c(-c5ccc(O)cc5)coc4c3)OC(C(=O)O)C(O)C2(C=O)OCSSCC1c1cc[nH]c1. The van der Waals surface area contributed by atoms with E-state index in [1.807, 2.05) is 12.4 Å². The van der Waals surface area contributed by atoms with Gasteiger partial charge in [-0.1, -0.05) is 84.0 Å². The molecule has 346 valence electrons. The normalized spacial score (nSPS) is 25.9. The average Bonchev–Trinajstić information content (AvgIpc) is 3.84. The molecule has 0 amide bonds. The highest BCUT2D eigenvalue weighted by molar-refractivity contribution is 8.76. The molecule has 2 aromatic heterocycles. The minimum Gasteiger partial charge on any atom is -0.508 e. The molecule has 2 aliphatic heterocycles. The first kappa shape index (κ1) is 48.0. The topological polar surface area (TPSA) is 213 Å². The van der Waals surface area contributed by atoms with Crippen molar-refractivity contribution in [1.82, 2.24) is 15.6 Å². The van der Waals surface area contributed by atoms with Gasteiger partial charge >= 0.3 is 5.97 Å². The summed E-state index contributed by atoms with van der Waals surface area (Å²) in [7, 11) is 2.79. The van der Waals surface area contributed by atoms with Gasteiger partial charge in [-0.2, -0.15) is 0 Å². The highest BCUT2D eigenvalue weighted by Crippen LogP contribution is 2.44. The number of aldehydes is 1. The molecule has 8 unspecified atom stereocenters. The number of rotatable bonds is 16. The van der Waals surface area contributed by atoms with Crippen LogP contribution in [0.3, 0.4) is 0 Å². The Balaban J connectivity index is 1.17. The van der Waals surface area contributed by atoms with Gasteiger partial charge in [0.2, 0.25) is 6.29 Å². The van der Waals surface area contributed by atoms with Gasteiger partial charge in [-0.05, 0) is 116 Å². The van der Waals surface area contributed by atoms with Gasteiger partial charge in [0, 0.05) is 30.8 Å². The Morgan fingerprint density at radius 3 is 2.66 bits per heavy atom. The second kappa shape index (κ2) is 22.1. The number of carboxylic acid groups (broad SMARTS) is 1. The molecule has 0 saturated carbocycles. The Hall–Kier alpha value is -4.91. The zero-order chi connectivity index (χ0) is 46.0. The van der Waals surface area contributed by atoms with Crippen molar-refractivity contribution in [3.05, 3.63) is 124 Å². The van der Waals surface area contributed by atoms with Crippen LogP contribution in [0.1, 0.15) is 55.7 Å². The first-order valence-corrected chi connectivity index (χ1v) is 24.4. The maximum absolute atomic E-state index is 13.5. The second-order valence-electron chi connectivity index (χ2n) is 16.7. The number of aromatic amines is 1. The van der Waals surface area contributed by atoms with Crippen molar-refractivity contribution in [2.24, 2.45) is 11.8 Å². The van der Waals surface area contributed by atoms with Crippen molar-refractivity contribution in [1.29, 1.82) is 0 Å². The first-order chi connectivity index (χ1) is 31.5. The van der Waals surface area contributed by atoms with Crippen molar-refractivity contribution < 1.29 is 48.6 Å². The van der Waals surface area contributed by atoms with Crippen molar-refractivity contribution in [2.75, 3.05) is 37.9 Å². The Morgan fingerprint density at radius 2 is 1.91 bits per heavy atom. The molecule has 16 heteroatoms. The van der Waals surface area contributed by atoms with Crippen LogP contribution >= 0.6 is 21.6 Å². The summed E-state index contributed by atoms with van der Waals surface area (Å²) in [5.41, 5.74) is -0.925. The number of aliphatic carboxylic acids is 1. The molecule has 65 heavy (non-hydrogen) atoms. The lowest BCUT2D eigenvalue weighted by Gasteiger charge is -2.53. The number of carbonyl (C=O) groups is 2. The van der Waals surface area contributed by atoms with E-state index in [9.17, 15) is 34.8 Å². The lowest BCUT2D eigenvalue weighted by molar-refractivity contribution is -0.340. The summed E-state index contributed by atoms with van der Waals surface area (Å²) in [6.07, 6.45) is 7.58. The van der Waals surface area contributed by atoms with E-state index >= 15 is 0 Å². The number of carbonyl (C=O) groups excluding carboxylic acids is 1. The number of aryl methyl sites for hydroxylation is 1. The first-order valence-electron chi connectivity index (χ1n) is 21.9. The number of nitrogens with one attached hydrogen (secondary N) is 3. The summed E-state index contributed by atoms with van der Waals surface area (Å²) in [6.45, 7) is 6.25. The maximum Gasteiger partial charge on any atom is 0.335 e. The molecular formula is C49H57N3O11S2. The Morgan fingerprint density at radius 1 is 1.09 bits per heavy atom. The van der Waals surface area contributed by atoms with Gasteiger partial charge < -0.3 is 54.7 Å². The number of phenolic OH excluding ortho intramolecular Hbond substituents is 1. The molecule has 4 heterocycles. The molecule has 14 nitrogen and oxygen atoms in total. The number of allylic oxidation sites excluding steroid dienone is 1. The van der Waals surface area contributed by atoms with Crippen molar-refractivity contribution >= 4 is 50.9 Å². The molecule has 0 radical (unpaired) electrons. The number of hydrogen-bond donors (Lipinski definition) is 7. The summed E-state index contributed by atoms with van der Waals surface area (Å²) < 4.78 is 24.1. The third kappa shape index (κ3) is 10.7. The fraction of sp³-hybridized carbons (Fsp3) is 0.408. The van der Waals surface area contributed by atoms with E-state index < -0.39 is 42.2 Å². The number of fused-ring (bicyclic) bond motifs is 2. The average molecular weight is 928 g/mol. The second-order valence-corrected chi connectivity index (χ2v) is 19.1. The Labute approximate surface area is 385 Å². The molecule has 7 N–H and O–H groups in total. The monoisotopic (exact) mass is 927 g/mol. The molecule has 2 fully saturated rings. The fourth-order valence-electron chi connectivity index (χ4n) is 8.78. The number of aliphatic hydroxyl groups is 2. The zero-order valence-corrected chi connectivity index (χ0v) is 38.0. The summed E-state index contributed by atoms with van der Waals surface area (Å²) >= 11 is 0. The maximum atomic E-state index is 13.5. The van der Waals surface area contributed by atoms with Crippen LogP contribution in [0.2, 0.25) is 0 Å². The number of hydrogen-bond acceptors (Lipinski definition) is 14. The lowest BCUT2D eigenvalue weighted by Crippen LogP contribution is -2.80. The summed E-state index contributed by atoms with van der Waals surface area (Å²) in [5, 5.41) is 51.6. The standard InChI is InChI=1S/C49H57N3O11S2/c1-3-20-50-21-7-12-33-10-5-4-9-32(33)11-6-8-31(2)39-25-52-28-48(59)47(62-37-17-18-38-42(23-37)60-26-40(43(38)55)34-13-15-36(54)16-14-34)63-44(46(57)58)45(56)49(48,29-53)61-30-65-64-27-41(39)35-19-22-51-24-35/h4-6,9-11,13-19,22-24,26,29,31,39,41,44-45,47,50-52,54,56,59H,3,7-8,12,20-21,25,27-28,30H2,1-2H3,(H,57,58). The van der Waals surface area contributed by atoms with E-state index in [1.165, 1.54) is 69.3 Å². The molecule has 5 aromatic rings. The summed E-state index contributed by atoms with van der Waals surface area (Å²) in [5.74, 6) is -0.957. The fourth-order valence-corrected chi connectivity index (χ4v) is 10.9. The van der Waals surface area contributed by atoms with E-state index in [1.54, 1.807) is 12.1 Å². The molecule has 8 atom stereocenters. The van der Waals surface area contributed by atoms with Gasteiger partial charge in [0.25, 0.3) is 0 Å². The van der Waals surface area contributed by atoms with Gasteiger partial charge in [0.15, 0.2) is 29.0 Å². The molecule has 0 aliphatic carbocycles. The number of ether oxygens (including phenoxy) is 3. The van der Waals surface area contributed by atoms with Crippen molar-refractivity contribution in [3.63, 3.8) is 0 Å². The quantitative estimate of drug-likeness (QED) is 0.0310. The van der Waals surface area contributed by atoms with Gasteiger partial charge in [-0.25, -0.2) is 4.79 Å². The smallest absolute Gasteiger partial charge is 0.335 e. The van der Waals surface area contributed by atoms with Crippen LogP contribution in [0.25, 0.3) is 28.2 Å². The van der Waals surface area contributed by atoms with E-state index in [2.05, 4.69) is 71.9 Å². The van der Waals surface area contributed by atoms with Crippen molar-refractivity contribution in [3.8, 4) is 22.6 Å². The number of carboxylic acids is 1. The molecule has 0 bridgehead atoms. The number of aromatic hydroxyl groups is 1. The number of β-amino-alcohol motifs (C(OH)–C–C–N with tert-alkyl or cyclic N) is 1. The van der Waals surface area contributed by atoms with Gasteiger partial charge in [-0.3, -0.25) is 9.59 Å². The minimum absolute atomic E-state index is 0.00775. The minimum atomic E-state index is -2.54. The third-order valence-corrected chi connectivity index (χ3v) is 14.6. The molecule has 2 saturated heterocycles. The van der Waals surface area contributed by atoms with E-state index in [4.69, 9.17) is 18.6 Å². The van der Waals surface area contributed by atoms with Crippen LogP contribution in [0.15, 0.2) is 107 Å². The number of benzene rings is 3. The third-order valence-electron chi connectivity index (χ3n) is 12.5. The molecule has 7 rings (SSSR count). The molecule has 2 aliphatic rings. The van der Waals surface area contributed by atoms with E-state index in [-0.39, 0.29) is 63.4 Å². The van der Waals surface area contributed by atoms with Crippen LogP contribution in [-0.4, -0.2) is 105 Å².